The Balaban J connectivity index is 1.53. The summed E-state index contributed by atoms with van der Waals surface area (Å²) in [5, 5.41) is 0. The summed E-state index contributed by atoms with van der Waals surface area (Å²) in [6, 6.07) is 7.58. The van der Waals surface area contributed by atoms with Crippen LogP contribution in [-0.4, -0.2) is 61.0 Å². The maximum absolute atomic E-state index is 13.2. The molecule has 0 spiro atoms. The van der Waals surface area contributed by atoms with Gasteiger partial charge in [-0.2, -0.15) is 0 Å². The van der Waals surface area contributed by atoms with Crippen molar-refractivity contribution in [3.63, 3.8) is 0 Å². The number of rotatable bonds is 6. The minimum atomic E-state index is -0.185. The van der Waals surface area contributed by atoms with E-state index in [1.165, 1.54) is 12.1 Å². The molecule has 2 aliphatic rings. The van der Waals surface area contributed by atoms with Crippen LogP contribution in [0.1, 0.15) is 46.5 Å². The van der Waals surface area contributed by atoms with Crippen LogP contribution in [0.25, 0.3) is 0 Å². The molecule has 3 rings (SSSR count). The third-order valence-electron chi connectivity index (χ3n) is 6.95. The van der Waals surface area contributed by atoms with Crippen molar-refractivity contribution in [3.05, 3.63) is 30.1 Å². The van der Waals surface area contributed by atoms with E-state index in [4.69, 9.17) is 0 Å². The number of hydrogen-bond donors (Lipinski definition) is 0. The number of carbonyl (C=O) groups excluding carboxylic acids is 1. The van der Waals surface area contributed by atoms with Gasteiger partial charge < -0.3 is 9.80 Å². The van der Waals surface area contributed by atoms with Crippen molar-refractivity contribution >= 4 is 11.6 Å². The standard InChI is InChI=1S/C22H34FN3O/c1-5-22(6-2)15-20(24(4)21(22)27)11-12-25-13-14-26(17(3)16-25)19-9-7-18(23)8-10-19/h7-10,17,20H,5-6,11-16H2,1-4H3/t17-,20-/m0/s1. The van der Waals surface area contributed by atoms with Gasteiger partial charge in [-0.25, -0.2) is 4.39 Å². The largest absolute Gasteiger partial charge is 0.366 e. The lowest BCUT2D eigenvalue weighted by molar-refractivity contribution is -0.136. The van der Waals surface area contributed by atoms with Crippen LogP contribution < -0.4 is 4.90 Å². The summed E-state index contributed by atoms with van der Waals surface area (Å²) in [6.07, 6.45) is 3.93. The average Bonchev–Trinajstić information content (AvgIpc) is 2.92. The van der Waals surface area contributed by atoms with Crippen LogP contribution in [0, 0.1) is 11.2 Å². The predicted octanol–water partition coefficient (Wildman–Crippen LogP) is 3.76. The van der Waals surface area contributed by atoms with E-state index in [9.17, 15) is 9.18 Å². The SMILES string of the molecule is CCC1(CC)C[C@H](CCN2CCN(c3ccc(F)cc3)[C@@H](C)C2)N(C)C1=O. The fraction of sp³-hybridized carbons (Fsp3) is 0.682. The van der Waals surface area contributed by atoms with E-state index < -0.39 is 0 Å². The fourth-order valence-electron chi connectivity index (χ4n) is 4.94. The van der Waals surface area contributed by atoms with E-state index >= 15 is 0 Å². The number of benzene rings is 1. The fourth-order valence-corrected chi connectivity index (χ4v) is 4.94. The second kappa shape index (κ2) is 8.17. The Morgan fingerprint density at radius 2 is 1.81 bits per heavy atom. The van der Waals surface area contributed by atoms with E-state index in [2.05, 4.69) is 30.6 Å². The van der Waals surface area contributed by atoms with E-state index in [0.717, 1.165) is 57.5 Å². The van der Waals surface area contributed by atoms with Gasteiger partial charge in [-0.3, -0.25) is 9.69 Å². The zero-order valence-electron chi connectivity index (χ0n) is 17.2. The van der Waals surface area contributed by atoms with Crippen molar-refractivity contribution in [1.29, 1.82) is 0 Å². The molecular weight excluding hydrogens is 341 g/mol. The predicted molar refractivity (Wildman–Crippen MR) is 108 cm³/mol. The smallest absolute Gasteiger partial charge is 0.228 e. The van der Waals surface area contributed by atoms with Crippen molar-refractivity contribution in [2.45, 2.75) is 58.5 Å². The van der Waals surface area contributed by atoms with Gasteiger partial charge in [0.2, 0.25) is 5.91 Å². The van der Waals surface area contributed by atoms with Crippen LogP contribution in [0.5, 0.6) is 0 Å². The van der Waals surface area contributed by atoms with Crippen LogP contribution in [0.4, 0.5) is 10.1 Å². The maximum Gasteiger partial charge on any atom is 0.228 e. The third kappa shape index (κ3) is 3.98. The molecule has 0 bridgehead atoms. The van der Waals surface area contributed by atoms with Crippen molar-refractivity contribution in [3.8, 4) is 0 Å². The molecule has 0 unspecified atom stereocenters. The van der Waals surface area contributed by atoms with Gasteiger partial charge in [0, 0.05) is 51.0 Å². The molecule has 2 saturated heterocycles. The van der Waals surface area contributed by atoms with E-state index in [1.54, 1.807) is 0 Å². The molecule has 0 radical (unpaired) electrons. The first-order valence-corrected chi connectivity index (χ1v) is 10.4. The summed E-state index contributed by atoms with van der Waals surface area (Å²) in [4.78, 5) is 19.6. The first-order chi connectivity index (χ1) is 12.9. The van der Waals surface area contributed by atoms with Crippen LogP contribution in [-0.2, 0) is 4.79 Å². The molecule has 2 heterocycles. The average molecular weight is 376 g/mol. The normalized spacial score (nSPS) is 26.0. The highest BCUT2D eigenvalue weighted by molar-refractivity contribution is 5.85. The molecule has 1 amide bonds. The molecule has 5 heteroatoms. The van der Waals surface area contributed by atoms with Crippen molar-refractivity contribution in [1.82, 2.24) is 9.80 Å². The minimum absolute atomic E-state index is 0.131. The molecule has 2 aliphatic heterocycles. The number of piperazine rings is 1. The monoisotopic (exact) mass is 375 g/mol. The molecule has 1 aromatic carbocycles. The Bertz CT molecular complexity index is 643. The molecule has 150 valence electrons. The van der Waals surface area contributed by atoms with Gasteiger partial charge >= 0.3 is 0 Å². The van der Waals surface area contributed by atoms with Gasteiger partial charge in [0.1, 0.15) is 5.82 Å². The lowest BCUT2D eigenvalue weighted by Crippen LogP contribution is -2.52. The Hall–Kier alpha value is -1.62. The molecule has 27 heavy (non-hydrogen) atoms. The number of amides is 1. The second-order valence-electron chi connectivity index (χ2n) is 8.37. The zero-order chi connectivity index (χ0) is 19.6. The number of nitrogens with zero attached hydrogens (tertiary/aromatic N) is 3. The van der Waals surface area contributed by atoms with E-state index in [0.29, 0.717) is 18.0 Å². The molecule has 0 N–H and O–H groups in total. The summed E-state index contributed by atoms with van der Waals surface area (Å²) in [5.74, 6) is 0.155. The minimum Gasteiger partial charge on any atom is -0.366 e. The van der Waals surface area contributed by atoms with Gasteiger partial charge in [-0.05, 0) is 56.9 Å². The quantitative estimate of drug-likeness (QED) is 0.757. The van der Waals surface area contributed by atoms with Crippen molar-refractivity contribution in [2.24, 2.45) is 5.41 Å². The van der Waals surface area contributed by atoms with Crippen LogP contribution in [0.15, 0.2) is 24.3 Å². The Morgan fingerprint density at radius 3 is 2.37 bits per heavy atom. The van der Waals surface area contributed by atoms with Crippen molar-refractivity contribution < 1.29 is 9.18 Å². The lowest BCUT2D eigenvalue weighted by Gasteiger charge is -2.41. The number of hydrogen-bond acceptors (Lipinski definition) is 3. The molecule has 0 aliphatic carbocycles. The Morgan fingerprint density at radius 1 is 1.15 bits per heavy atom. The highest BCUT2D eigenvalue weighted by atomic mass is 19.1. The van der Waals surface area contributed by atoms with Gasteiger partial charge in [0.05, 0.1) is 5.41 Å². The summed E-state index contributed by atoms with van der Waals surface area (Å²) in [7, 11) is 1.98. The molecule has 2 atom stereocenters. The highest BCUT2D eigenvalue weighted by Crippen LogP contribution is 2.42. The lowest BCUT2D eigenvalue weighted by atomic mass is 9.79. The Kier molecular flexibility index (Phi) is 6.09. The number of halogens is 1. The van der Waals surface area contributed by atoms with Crippen molar-refractivity contribution in [2.75, 3.05) is 38.1 Å². The van der Waals surface area contributed by atoms with Crippen LogP contribution >= 0.6 is 0 Å². The molecule has 0 aromatic heterocycles. The first kappa shape index (κ1) is 20.1. The molecule has 0 saturated carbocycles. The molecule has 1 aromatic rings. The van der Waals surface area contributed by atoms with Gasteiger partial charge in [0.25, 0.3) is 0 Å². The number of anilines is 1. The topological polar surface area (TPSA) is 26.8 Å². The first-order valence-electron chi connectivity index (χ1n) is 10.4. The van der Waals surface area contributed by atoms with Gasteiger partial charge in [-0.1, -0.05) is 13.8 Å². The van der Waals surface area contributed by atoms with Gasteiger partial charge in [-0.15, -0.1) is 0 Å². The number of carbonyl (C=O) groups is 1. The van der Waals surface area contributed by atoms with Crippen LogP contribution in [0.3, 0.4) is 0 Å². The van der Waals surface area contributed by atoms with Crippen LogP contribution in [0.2, 0.25) is 0 Å². The summed E-state index contributed by atoms with van der Waals surface area (Å²) < 4.78 is 13.2. The molecular formula is C22H34FN3O. The molecule has 2 fully saturated rings. The highest BCUT2D eigenvalue weighted by Gasteiger charge is 2.47. The third-order valence-corrected chi connectivity index (χ3v) is 6.95. The van der Waals surface area contributed by atoms with E-state index in [1.807, 2.05) is 24.1 Å². The van der Waals surface area contributed by atoms with E-state index in [-0.39, 0.29) is 11.2 Å². The maximum atomic E-state index is 13.2. The Labute approximate surface area is 163 Å². The molecule has 4 nitrogen and oxygen atoms in total. The summed E-state index contributed by atoms with van der Waals surface area (Å²) >= 11 is 0. The second-order valence-corrected chi connectivity index (χ2v) is 8.37. The summed E-state index contributed by atoms with van der Waals surface area (Å²) in [5.41, 5.74) is 0.967. The van der Waals surface area contributed by atoms with Gasteiger partial charge in [0.15, 0.2) is 0 Å². The number of likely N-dealkylation sites (tertiary alicyclic amines) is 1. The summed E-state index contributed by atoms with van der Waals surface area (Å²) in [6.45, 7) is 10.5. The zero-order valence-corrected chi connectivity index (χ0v) is 17.2.